The van der Waals surface area contributed by atoms with Crippen LogP contribution >= 0.6 is 0 Å². The maximum absolute atomic E-state index is 11.4. The third-order valence-corrected chi connectivity index (χ3v) is 4.08. The molecule has 4 heteroatoms. The molecule has 1 aromatic heterocycles. The summed E-state index contributed by atoms with van der Waals surface area (Å²) in [6.45, 7) is 6.39. The lowest BCUT2D eigenvalue weighted by Crippen LogP contribution is -2.48. The molecule has 106 valence electrons. The lowest BCUT2D eigenvalue weighted by Gasteiger charge is -2.37. The van der Waals surface area contributed by atoms with E-state index in [4.69, 9.17) is 0 Å². The molecule has 1 aliphatic rings. The lowest BCUT2D eigenvalue weighted by molar-refractivity contribution is -0.140. The van der Waals surface area contributed by atoms with E-state index in [0.717, 1.165) is 22.2 Å². The van der Waals surface area contributed by atoms with Gasteiger partial charge in [-0.3, -0.25) is 10.1 Å². The van der Waals surface area contributed by atoms with Crippen LogP contribution in [0.1, 0.15) is 38.1 Å². The van der Waals surface area contributed by atoms with Crippen LogP contribution in [0.15, 0.2) is 24.3 Å². The fraction of sp³-hybridized carbons (Fsp3) is 0.438. The maximum Gasteiger partial charge on any atom is 0.321 e. The van der Waals surface area contributed by atoms with Crippen LogP contribution in [0.25, 0.3) is 10.9 Å². The predicted octanol–water partition coefficient (Wildman–Crippen LogP) is 2.85. The summed E-state index contributed by atoms with van der Waals surface area (Å²) in [6, 6.07) is 7.60. The summed E-state index contributed by atoms with van der Waals surface area (Å²) < 4.78 is 0. The summed E-state index contributed by atoms with van der Waals surface area (Å²) >= 11 is 0. The Balaban J connectivity index is 2.19. The zero-order chi connectivity index (χ0) is 14.5. The van der Waals surface area contributed by atoms with E-state index >= 15 is 0 Å². The predicted molar refractivity (Wildman–Crippen MR) is 78.8 cm³/mol. The zero-order valence-corrected chi connectivity index (χ0v) is 12.0. The number of H-pyrrole nitrogens is 1. The number of para-hydroxylation sites is 1. The molecule has 4 nitrogen and oxygen atoms in total. The standard InChI is InChI=1S/C16H20N2O2/c1-16(2,3)14-13-10(8-12(18-14)15(19)20)9-6-4-5-7-11(9)17-13/h4-7,12,14,17-18H,8H2,1-3H3,(H,19,20)/t12-,14+/m0/s1. The number of aromatic amines is 1. The Kier molecular flexibility index (Phi) is 2.87. The summed E-state index contributed by atoms with van der Waals surface area (Å²) in [5.41, 5.74) is 3.31. The van der Waals surface area contributed by atoms with Crippen molar-refractivity contribution in [3.8, 4) is 0 Å². The van der Waals surface area contributed by atoms with Gasteiger partial charge in [0.25, 0.3) is 0 Å². The highest BCUT2D eigenvalue weighted by molar-refractivity contribution is 5.86. The number of rotatable bonds is 1. The van der Waals surface area contributed by atoms with Crippen LogP contribution in [0.3, 0.4) is 0 Å². The van der Waals surface area contributed by atoms with Gasteiger partial charge in [0.2, 0.25) is 0 Å². The summed E-state index contributed by atoms with van der Waals surface area (Å²) in [5, 5.41) is 13.8. The number of carboxylic acids is 1. The van der Waals surface area contributed by atoms with E-state index in [0.29, 0.717) is 6.42 Å². The van der Waals surface area contributed by atoms with Gasteiger partial charge in [-0.2, -0.15) is 0 Å². The number of benzene rings is 1. The average Bonchev–Trinajstić information content (AvgIpc) is 2.74. The molecule has 20 heavy (non-hydrogen) atoms. The van der Waals surface area contributed by atoms with Crippen molar-refractivity contribution < 1.29 is 9.90 Å². The van der Waals surface area contributed by atoms with E-state index in [1.807, 2.05) is 18.2 Å². The molecular formula is C16H20N2O2. The smallest absolute Gasteiger partial charge is 0.321 e. The van der Waals surface area contributed by atoms with Gasteiger partial charge in [-0.25, -0.2) is 0 Å². The Morgan fingerprint density at radius 2 is 2.00 bits per heavy atom. The summed E-state index contributed by atoms with van der Waals surface area (Å²) in [5.74, 6) is -0.782. The number of hydrogen-bond donors (Lipinski definition) is 3. The average molecular weight is 272 g/mol. The quantitative estimate of drug-likeness (QED) is 0.748. The Hall–Kier alpha value is -1.81. The molecule has 1 aromatic carbocycles. The SMILES string of the molecule is CC(C)(C)[C@@H]1N[C@H](C(=O)O)Cc2c1[nH]c1ccccc21. The van der Waals surface area contributed by atoms with Gasteiger partial charge in [0.1, 0.15) is 6.04 Å². The fourth-order valence-corrected chi connectivity index (χ4v) is 3.08. The van der Waals surface area contributed by atoms with Crippen LogP contribution in [-0.2, 0) is 11.2 Å². The fourth-order valence-electron chi connectivity index (χ4n) is 3.08. The van der Waals surface area contributed by atoms with Crippen LogP contribution in [-0.4, -0.2) is 22.1 Å². The van der Waals surface area contributed by atoms with Crippen molar-refractivity contribution in [2.24, 2.45) is 5.41 Å². The van der Waals surface area contributed by atoms with Crippen LogP contribution in [0.4, 0.5) is 0 Å². The first kappa shape index (κ1) is 13.2. The Morgan fingerprint density at radius 1 is 1.30 bits per heavy atom. The minimum Gasteiger partial charge on any atom is -0.480 e. The van der Waals surface area contributed by atoms with Gasteiger partial charge in [-0.15, -0.1) is 0 Å². The first-order valence-electron chi connectivity index (χ1n) is 6.96. The second-order valence-electron chi connectivity index (χ2n) is 6.62. The Bertz CT molecular complexity index is 667. The van der Waals surface area contributed by atoms with Crippen LogP contribution in [0, 0.1) is 5.41 Å². The molecule has 2 aromatic rings. The van der Waals surface area contributed by atoms with Crippen LogP contribution < -0.4 is 5.32 Å². The molecule has 2 heterocycles. The first-order valence-corrected chi connectivity index (χ1v) is 6.96. The number of aliphatic carboxylic acids is 1. The van der Waals surface area contributed by atoms with E-state index in [-0.39, 0.29) is 11.5 Å². The van der Waals surface area contributed by atoms with Gasteiger partial charge in [0, 0.05) is 23.0 Å². The minimum atomic E-state index is -0.782. The molecule has 0 radical (unpaired) electrons. The molecule has 2 atom stereocenters. The molecule has 0 aliphatic carbocycles. The Morgan fingerprint density at radius 3 is 2.65 bits per heavy atom. The highest BCUT2D eigenvalue weighted by Crippen LogP contribution is 2.40. The zero-order valence-electron chi connectivity index (χ0n) is 12.0. The molecule has 0 saturated carbocycles. The van der Waals surface area contributed by atoms with Crippen LogP contribution in [0.5, 0.6) is 0 Å². The highest BCUT2D eigenvalue weighted by Gasteiger charge is 2.38. The van der Waals surface area contributed by atoms with Crippen LogP contribution in [0.2, 0.25) is 0 Å². The summed E-state index contributed by atoms with van der Waals surface area (Å²) in [6.07, 6.45) is 0.529. The first-order chi connectivity index (χ1) is 9.38. The van der Waals surface area contributed by atoms with E-state index in [2.05, 4.69) is 37.1 Å². The van der Waals surface area contributed by atoms with Crippen molar-refractivity contribution in [3.63, 3.8) is 0 Å². The number of carbonyl (C=O) groups is 1. The number of aromatic nitrogens is 1. The molecule has 0 saturated heterocycles. The Labute approximate surface area is 118 Å². The molecule has 3 N–H and O–H groups in total. The van der Waals surface area contributed by atoms with Crippen molar-refractivity contribution in [1.29, 1.82) is 0 Å². The second-order valence-corrected chi connectivity index (χ2v) is 6.62. The second kappa shape index (κ2) is 4.35. The molecular weight excluding hydrogens is 252 g/mol. The van der Waals surface area contributed by atoms with Gasteiger partial charge in [-0.1, -0.05) is 39.0 Å². The molecule has 0 bridgehead atoms. The van der Waals surface area contributed by atoms with E-state index < -0.39 is 12.0 Å². The molecule has 0 spiro atoms. The van der Waals surface area contributed by atoms with Gasteiger partial charge in [0.15, 0.2) is 0 Å². The van der Waals surface area contributed by atoms with Crippen molar-refractivity contribution in [2.75, 3.05) is 0 Å². The summed E-state index contributed by atoms with van der Waals surface area (Å²) in [4.78, 5) is 14.9. The third kappa shape index (κ3) is 2.00. The van der Waals surface area contributed by atoms with E-state index in [1.54, 1.807) is 0 Å². The molecule has 1 aliphatic heterocycles. The molecule has 0 fully saturated rings. The number of fused-ring (bicyclic) bond motifs is 3. The number of nitrogens with one attached hydrogen (secondary N) is 2. The van der Waals surface area contributed by atoms with E-state index in [9.17, 15) is 9.90 Å². The van der Waals surface area contributed by atoms with E-state index in [1.165, 1.54) is 0 Å². The topological polar surface area (TPSA) is 65.1 Å². The lowest BCUT2D eigenvalue weighted by atomic mass is 9.79. The van der Waals surface area contributed by atoms with Crippen molar-refractivity contribution in [2.45, 2.75) is 39.3 Å². The van der Waals surface area contributed by atoms with Gasteiger partial charge in [-0.05, 0) is 17.0 Å². The highest BCUT2D eigenvalue weighted by atomic mass is 16.4. The summed E-state index contributed by atoms with van der Waals surface area (Å²) in [7, 11) is 0. The number of hydrogen-bond acceptors (Lipinski definition) is 2. The van der Waals surface area contributed by atoms with Crippen molar-refractivity contribution in [3.05, 3.63) is 35.5 Å². The normalized spacial score (nSPS) is 22.8. The van der Waals surface area contributed by atoms with Gasteiger partial charge >= 0.3 is 5.97 Å². The molecule has 0 amide bonds. The minimum absolute atomic E-state index is 0.0137. The largest absolute Gasteiger partial charge is 0.480 e. The molecule has 3 rings (SSSR count). The van der Waals surface area contributed by atoms with Gasteiger partial charge in [0.05, 0.1) is 6.04 Å². The maximum atomic E-state index is 11.4. The van der Waals surface area contributed by atoms with Crippen molar-refractivity contribution in [1.82, 2.24) is 10.3 Å². The van der Waals surface area contributed by atoms with Crippen molar-refractivity contribution >= 4 is 16.9 Å². The monoisotopic (exact) mass is 272 g/mol. The molecule has 0 unspecified atom stereocenters. The van der Waals surface area contributed by atoms with Gasteiger partial charge < -0.3 is 10.1 Å². The number of carboxylic acid groups (broad SMARTS) is 1. The third-order valence-electron chi connectivity index (χ3n) is 4.08.